The molecule has 5 rings (SSSR count). The second-order valence-corrected chi connectivity index (χ2v) is 10.6. The van der Waals surface area contributed by atoms with Crippen LogP contribution in [0.1, 0.15) is 29.8 Å². The molecule has 3 heterocycles. The van der Waals surface area contributed by atoms with Gasteiger partial charge in [0, 0.05) is 61.8 Å². The van der Waals surface area contributed by atoms with Crippen LogP contribution in [0.5, 0.6) is 0 Å². The lowest BCUT2D eigenvalue weighted by atomic mass is 10.0. The Labute approximate surface area is 240 Å². The van der Waals surface area contributed by atoms with E-state index in [0.29, 0.717) is 62.7 Å². The number of ether oxygens (including phenoxy) is 1. The van der Waals surface area contributed by atoms with Gasteiger partial charge in [-0.05, 0) is 45.2 Å². The lowest BCUT2D eigenvalue weighted by Gasteiger charge is -2.44. The average molecular weight is 591 g/mol. The molecule has 2 unspecified atom stereocenters. The summed E-state index contributed by atoms with van der Waals surface area (Å²) < 4.78 is 76.4. The van der Waals surface area contributed by atoms with Gasteiger partial charge in [-0.1, -0.05) is 6.07 Å². The number of halogens is 5. The zero-order valence-electron chi connectivity index (χ0n) is 23.4. The van der Waals surface area contributed by atoms with Gasteiger partial charge in [0.05, 0.1) is 30.2 Å². The fraction of sp³-hybridized carbons (Fsp3) is 0.414. The van der Waals surface area contributed by atoms with Gasteiger partial charge in [-0.25, -0.2) is 18.7 Å². The van der Waals surface area contributed by atoms with Crippen LogP contribution in [0.2, 0.25) is 0 Å². The summed E-state index contributed by atoms with van der Waals surface area (Å²) >= 11 is 0. The summed E-state index contributed by atoms with van der Waals surface area (Å²) in [6.45, 7) is 7.26. The Morgan fingerprint density at radius 3 is 2.24 bits per heavy atom. The van der Waals surface area contributed by atoms with Crippen molar-refractivity contribution < 1.29 is 31.5 Å². The number of hydrogen-bond donors (Lipinski definition) is 1. The summed E-state index contributed by atoms with van der Waals surface area (Å²) in [5, 5.41) is 2.51. The summed E-state index contributed by atoms with van der Waals surface area (Å²) in [5.74, 6) is -2.89. The number of piperazine rings is 1. The Morgan fingerprint density at radius 1 is 0.976 bits per heavy atom. The third-order valence-electron chi connectivity index (χ3n) is 7.82. The van der Waals surface area contributed by atoms with Crippen LogP contribution in [0.4, 0.5) is 39.3 Å². The molecule has 3 aromatic rings. The lowest BCUT2D eigenvalue weighted by Crippen LogP contribution is -2.55. The van der Waals surface area contributed by atoms with Crippen molar-refractivity contribution in [2.24, 2.45) is 0 Å². The third kappa shape index (κ3) is 6.02. The molecule has 2 aliphatic heterocycles. The molecule has 1 aromatic heterocycles. The van der Waals surface area contributed by atoms with E-state index in [2.05, 4.69) is 20.2 Å². The molecular weight excluding hydrogens is 559 g/mol. The fourth-order valence-electron chi connectivity index (χ4n) is 5.32. The SMILES string of the molecule is CC1CN(c2cc(F)c(-c3cnc(N4CCOCC4)nc3)cc2NC(=O)c2cccc(F)c2C(F)(F)F)CC(C)N1C. The molecule has 1 amide bonds. The van der Waals surface area contributed by atoms with E-state index in [1.807, 2.05) is 30.7 Å². The smallest absolute Gasteiger partial charge is 0.378 e. The molecule has 0 spiro atoms. The van der Waals surface area contributed by atoms with Crippen LogP contribution in [0.25, 0.3) is 11.1 Å². The molecule has 13 heteroatoms. The molecule has 0 radical (unpaired) electrons. The standard InChI is InChI=1S/C29H31F5N6O2/c1-17-15-40(16-18(2)38(17)3)25-12-23(31)21(19-13-35-28(36-14-19)39-7-9-42-10-8-39)11-24(25)37-27(41)20-5-4-6-22(30)26(20)29(32,33)34/h4-6,11-14,17-18H,7-10,15-16H2,1-3H3,(H,37,41). The zero-order chi connectivity index (χ0) is 30.2. The number of hydrogen-bond acceptors (Lipinski definition) is 7. The lowest BCUT2D eigenvalue weighted by molar-refractivity contribution is -0.140. The molecule has 2 saturated heterocycles. The van der Waals surface area contributed by atoms with Crippen LogP contribution < -0.4 is 15.1 Å². The summed E-state index contributed by atoms with van der Waals surface area (Å²) in [7, 11) is 1.97. The van der Waals surface area contributed by atoms with Gasteiger partial charge in [-0.2, -0.15) is 13.2 Å². The predicted molar refractivity (Wildman–Crippen MR) is 149 cm³/mol. The van der Waals surface area contributed by atoms with Crippen molar-refractivity contribution in [3.05, 3.63) is 65.5 Å². The van der Waals surface area contributed by atoms with Crippen molar-refractivity contribution in [3.8, 4) is 11.1 Å². The molecular formula is C29H31F5N6O2. The highest BCUT2D eigenvalue weighted by atomic mass is 19.4. The Balaban J connectivity index is 1.55. The number of amides is 1. The number of aromatic nitrogens is 2. The van der Waals surface area contributed by atoms with Crippen molar-refractivity contribution in [2.75, 3.05) is 61.6 Å². The summed E-state index contributed by atoms with van der Waals surface area (Å²) in [5.41, 5.74) is -1.80. The first-order chi connectivity index (χ1) is 19.9. The van der Waals surface area contributed by atoms with Crippen LogP contribution in [0.3, 0.4) is 0 Å². The summed E-state index contributed by atoms with van der Waals surface area (Å²) in [4.78, 5) is 28.0. The van der Waals surface area contributed by atoms with E-state index in [0.717, 1.165) is 12.1 Å². The minimum atomic E-state index is -5.10. The summed E-state index contributed by atoms with van der Waals surface area (Å²) in [6, 6.07) is 5.34. The number of rotatable bonds is 5. The quantitative estimate of drug-likeness (QED) is 0.417. The topological polar surface area (TPSA) is 73.8 Å². The normalized spacial score (nSPS) is 20.1. The molecule has 0 saturated carbocycles. The third-order valence-corrected chi connectivity index (χ3v) is 7.82. The fourth-order valence-corrected chi connectivity index (χ4v) is 5.32. The van der Waals surface area contributed by atoms with E-state index in [4.69, 9.17) is 4.74 Å². The number of anilines is 3. The van der Waals surface area contributed by atoms with Crippen LogP contribution in [0.15, 0.2) is 42.7 Å². The van der Waals surface area contributed by atoms with Crippen molar-refractivity contribution in [3.63, 3.8) is 0 Å². The van der Waals surface area contributed by atoms with Crippen LogP contribution in [0, 0.1) is 11.6 Å². The number of morpholine rings is 1. The molecule has 0 aliphatic carbocycles. The minimum absolute atomic E-state index is 0.0492. The maximum atomic E-state index is 15.7. The Kier molecular flexibility index (Phi) is 8.33. The molecule has 1 N–H and O–H groups in total. The van der Waals surface area contributed by atoms with Gasteiger partial charge in [0.1, 0.15) is 17.2 Å². The molecule has 2 fully saturated rings. The van der Waals surface area contributed by atoms with Gasteiger partial charge < -0.3 is 19.9 Å². The molecule has 2 atom stereocenters. The van der Waals surface area contributed by atoms with E-state index < -0.39 is 34.8 Å². The molecule has 2 aromatic carbocycles. The Morgan fingerprint density at radius 2 is 1.62 bits per heavy atom. The van der Waals surface area contributed by atoms with Crippen LogP contribution in [-0.4, -0.2) is 79.3 Å². The van der Waals surface area contributed by atoms with Gasteiger partial charge in [0.15, 0.2) is 0 Å². The van der Waals surface area contributed by atoms with Crippen molar-refractivity contribution in [1.82, 2.24) is 14.9 Å². The highest BCUT2D eigenvalue weighted by Crippen LogP contribution is 2.38. The van der Waals surface area contributed by atoms with Crippen LogP contribution >= 0.6 is 0 Å². The first-order valence-corrected chi connectivity index (χ1v) is 13.6. The number of benzene rings is 2. The van der Waals surface area contributed by atoms with Gasteiger partial charge in [0.2, 0.25) is 5.95 Å². The Bertz CT molecular complexity index is 1430. The largest absolute Gasteiger partial charge is 0.420 e. The molecule has 8 nitrogen and oxygen atoms in total. The molecule has 0 bridgehead atoms. The van der Waals surface area contributed by atoms with Gasteiger partial charge in [-0.3, -0.25) is 9.69 Å². The predicted octanol–water partition coefficient (Wildman–Crippen LogP) is 5.06. The molecule has 224 valence electrons. The maximum Gasteiger partial charge on any atom is 0.420 e. The highest BCUT2D eigenvalue weighted by molar-refractivity contribution is 6.07. The van der Waals surface area contributed by atoms with Crippen LogP contribution in [-0.2, 0) is 10.9 Å². The van der Waals surface area contributed by atoms with E-state index in [-0.39, 0.29) is 23.3 Å². The second kappa shape index (κ2) is 11.8. The van der Waals surface area contributed by atoms with E-state index in [1.165, 1.54) is 24.5 Å². The first-order valence-electron chi connectivity index (χ1n) is 13.6. The van der Waals surface area contributed by atoms with E-state index in [1.54, 1.807) is 0 Å². The first kappa shape index (κ1) is 29.6. The van der Waals surface area contributed by atoms with Gasteiger partial charge >= 0.3 is 6.18 Å². The van der Waals surface area contributed by atoms with E-state index in [9.17, 15) is 22.4 Å². The highest BCUT2D eigenvalue weighted by Gasteiger charge is 2.39. The molecule has 42 heavy (non-hydrogen) atoms. The average Bonchev–Trinajstić information content (AvgIpc) is 2.96. The van der Waals surface area contributed by atoms with Crippen molar-refractivity contribution >= 4 is 23.2 Å². The number of nitrogens with zero attached hydrogens (tertiary/aromatic N) is 5. The zero-order valence-corrected chi connectivity index (χ0v) is 23.4. The molecule has 2 aliphatic rings. The number of alkyl halides is 3. The van der Waals surface area contributed by atoms with Gasteiger partial charge in [0.25, 0.3) is 5.91 Å². The number of nitrogens with one attached hydrogen (secondary N) is 1. The number of carbonyl (C=O) groups excluding carboxylic acids is 1. The minimum Gasteiger partial charge on any atom is -0.378 e. The van der Waals surface area contributed by atoms with E-state index >= 15 is 4.39 Å². The monoisotopic (exact) mass is 590 g/mol. The summed E-state index contributed by atoms with van der Waals surface area (Å²) in [6.07, 6.45) is -2.19. The number of likely N-dealkylation sites (N-methyl/N-ethyl adjacent to an activating group) is 1. The maximum absolute atomic E-state index is 15.7. The van der Waals surface area contributed by atoms with Crippen molar-refractivity contribution in [2.45, 2.75) is 32.1 Å². The second-order valence-electron chi connectivity index (χ2n) is 10.6. The number of carbonyl (C=O) groups is 1. The Hall–Kier alpha value is -3.84. The van der Waals surface area contributed by atoms with Crippen molar-refractivity contribution in [1.29, 1.82) is 0 Å². The van der Waals surface area contributed by atoms with Gasteiger partial charge in [-0.15, -0.1) is 0 Å².